The number of hydrogen-bond acceptors (Lipinski definition) is 3. The van der Waals surface area contributed by atoms with Crippen LogP contribution in [0.5, 0.6) is 0 Å². The Bertz CT molecular complexity index is 661. The average Bonchev–Trinajstić information content (AvgIpc) is 2.92. The Morgan fingerprint density at radius 2 is 2.10 bits per heavy atom. The summed E-state index contributed by atoms with van der Waals surface area (Å²) in [5.74, 6) is -0.985. The molecule has 0 atom stereocenters. The molecule has 112 valence electrons. The van der Waals surface area contributed by atoms with E-state index in [4.69, 9.17) is 28.3 Å². The van der Waals surface area contributed by atoms with Crippen LogP contribution in [0.25, 0.3) is 11.3 Å². The normalized spacial score (nSPS) is 10.7. The number of aromatic amines is 1. The van der Waals surface area contributed by atoms with Crippen molar-refractivity contribution in [1.82, 2.24) is 15.5 Å². The maximum absolute atomic E-state index is 13.5. The summed E-state index contributed by atoms with van der Waals surface area (Å²) >= 11 is 11.6. The lowest BCUT2D eigenvalue weighted by molar-refractivity contribution is 0.0946. The number of nitrogens with zero attached hydrogens (tertiary/aromatic N) is 1. The smallest absolute Gasteiger partial charge is 0.269 e. The zero-order chi connectivity index (χ0) is 15.4. The first kappa shape index (κ1) is 15.8. The van der Waals surface area contributed by atoms with Crippen LogP contribution in [0.1, 0.15) is 16.9 Å². The minimum Gasteiger partial charge on any atom is -0.396 e. The fourth-order valence-corrected chi connectivity index (χ4v) is 2.15. The van der Waals surface area contributed by atoms with E-state index in [9.17, 15) is 9.18 Å². The molecule has 0 radical (unpaired) electrons. The van der Waals surface area contributed by atoms with Crippen LogP contribution < -0.4 is 5.32 Å². The van der Waals surface area contributed by atoms with Crippen LogP contribution in [0, 0.1) is 5.82 Å². The molecule has 0 fully saturated rings. The van der Waals surface area contributed by atoms with E-state index in [1.54, 1.807) is 0 Å². The zero-order valence-electron chi connectivity index (χ0n) is 10.8. The summed E-state index contributed by atoms with van der Waals surface area (Å²) in [6, 6.07) is 3.90. The number of halogens is 3. The first-order valence-corrected chi connectivity index (χ1v) is 6.88. The highest BCUT2D eigenvalue weighted by Crippen LogP contribution is 2.31. The number of carbonyl (C=O) groups is 1. The minimum absolute atomic E-state index is 0.00579. The summed E-state index contributed by atoms with van der Waals surface area (Å²) in [5.41, 5.74) is 0.890. The van der Waals surface area contributed by atoms with E-state index in [1.165, 1.54) is 12.1 Å². The van der Waals surface area contributed by atoms with E-state index in [-0.39, 0.29) is 28.3 Å². The zero-order valence-corrected chi connectivity index (χ0v) is 12.3. The van der Waals surface area contributed by atoms with E-state index < -0.39 is 5.82 Å². The summed E-state index contributed by atoms with van der Waals surface area (Å²) in [7, 11) is 0. The second-order valence-corrected chi connectivity index (χ2v) is 5.06. The minimum atomic E-state index is -0.618. The van der Waals surface area contributed by atoms with Crippen LogP contribution in [0.15, 0.2) is 18.2 Å². The van der Waals surface area contributed by atoms with Gasteiger partial charge in [-0.05, 0) is 24.6 Å². The summed E-state index contributed by atoms with van der Waals surface area (Å²) in [5, 5.41) is 17.9. The molecule has 1 aromatic carbocycles. The van der Waals surface area contributed by atoms with Crippen LogP contribution in [0.2, 0.25) is 10.0 Å². The van der Waals surface area contributed by atoms with Crippen molar-refractivity contribution < 1.29 is 14.3 Å². The van der Waals surface area contributed by atoms with Gasteiger partial charge in [0.25, 0.3) is 5.91 Å². The number of aliphatic hydroxyl groups excluding tert-OH is 1. The highest BCUT2D eigenvalue weighted by Gasteiger charge is 2.14. The van der Waals surface area contributed by atoms with Crippen molar-refractivity contribution in [2.45, 2.75) is 6.42 Å². The summed E-state index contributed by atoms with van der Waals surface area (Å²) in [6.45, 7) is 0.341. The van der Waals surface area contributed by atoms with Crippen molar-refractivity contribution in [2.24, 2.45) is 0 Å². The monoisotopic (exact) mass is 331 g/mol. The average molecular weight is 332 g/mol. The number of hydrogen-bond donors (Lipinski definition) is 3. The van der Waals surface area contributed by atoms with Crippen molar-refractivity contribution in [3.8, 4) is 11.3 Å². The van der Waals surface area contributed by atoms with Crippen LogP contribution in [-0.4, -0.2) is 34.4 Å². The molecule has 2 rings (SSSR count). The molecule has 2 aromatic rings. The number of aliphatic hydroxyl groups is 1. The number of rotatable bonds is 5. The third-order valence-corrected chi connectivity index (χ3v) is 3.33. The van der Waals surface area contributed by atoms with E-state index >= 15 is 0 Å². The number of amides is 1. The third kappa shape index (κ3) is 3.72. The lowest BCUT2D eigenvalue weighted by atomic mass is 10.1. The number of benzene rings is 1. The maximum atomic E-state index is 13.5. The van der Waals surface area contributed by atoms with E-state index in [0.717, 1.165) is 6.07 Å². The highest BCUT2D eigenvalue weighted by molar-refractivity contribution is 6.36. The number of carbonyl (C=O) groups excluding carboxylic acids is 1. The summed E-state index contributed by atoms with van der Waals surface area (Å²) < 4.78 is 13.5. The van der Waals surface area contributed by atoms with Crippen molar-refractivity contribution in [3.63, 3.8) is 0 Å². The quantitative estimate of drug-likeness (QED) is 0.582. The molecule has 0 spiro atoms. The Hall–Kier alpha value is -1.63. The predicted molar refractivity (Wildman–Crippen MR) is 78.0 cm³/mol. The van der Waals surface area contributed by atoms with Crippen molar-refractivity contribution in [1.29, 1.82) is 0 Å². The van der Waals surface area contributed by atoms with Gasteiger partial charge in [0.05, 0.1) is 15.7 Å². The second kappa shape index (κ2) is 6.89. The van der Waals surface area contributed by atoms with Crippen molar-refractivity contribution in [3.05, 3.63) is 39.8 Å². The van der Waals surface area contributed by atoms with Gasteiger partial charge in [-0.1, -0.05) is 23.2 Å². The van der Waals surface area contributed by atoms with Crippen molar-refractivity contribution >= 4 is 29.1 Å². The van der Waals surface area contributed by atoms with Crippen molar-refractivity contribution in [2.75, 3.05) is 13.2 Å². The molecular weight excluding hydrogens is 320 g/mol. The lowest BCUT2D eigenvalue weighted by Gasteiger charge is -2.02. The van der Waals surface area contributed by atoms with Gasteiger partial charge < -0.3 is 10.4 Å². The van der Waals surface area contributed by atoms with Crippen LogP contribution in [-0.2, 0) is 0 Å². The molecule has 21 heavy (non-hydrogen) atoms. The molecule has 8 heteroatoms. The molecule has 5 nitrogen and oxygen atoms in total. The van der Waals surface area contributed by atoms with Gasteiger partial charge in [0.15, 0.2) is 0 Å². The Balaban J connectivity index is 2.20. The maximum Gasteiger partial charge on any atom is 0.269 e. The summed E-state index contributed by atoms with van der Waals surface area (Å²) in [4.78, 5) is 11.8. The highest BCUT2D eigenvalue weighted by atomic mass is 35.5. The first-order valence-electron chi connectivity index (χ1n) is 6.12. The van der Waals surface area contributed by atoms with Gasteiger partial charge in [0, 0.05) is 18.7 Å². The van der Waals surface area contributed by atoms with Gasteiger partial charge in [-0.3, -0.25) is 9.89 Å². The molecule has 0 aliphatic heterocycles. The van der Waals surface area contributed by atoms with Crippen LogP contribution >= 0.6 is 23.2 Å². The van der Waals surface area contributed by atoms with Crippen LogP contribution in [0.4, 0.5) is 4.39 Å². The summed E-state index contributed by atoms with van der Waals surface area (Å²) in [6.07, 6.45) is 0.459. The Labute approximate surface area is 130 Å². The largest absolute Gasteiger partial charge is 0.396 e. The molecule has 1 aromatic heterocycles. The van der Waals surface area contributed by atoms with E-state index in [2.05, 4.69) is 15.5 Å². The lowest BCUT2D eigenvalue weighted by Crippen LogP contribution is -2.25. The molecule has 0 saturated carbocycles. The van der Waals surface area contributed by atoms with Crippen LogP contribution in [0.3, 0.4) is 0 Å². The second-order valence-electron chi connectivity index (χ2n) is 4.25. The van der Waals surface area contributed by atoms with Gasteiger partial charge in [0.2, 0.25) is 0 Å². The Morgan fingerprint density at radius 1 is 1.33 bits per heavy atom. The fraction of sp³-hybridized carbons (Fsp3) is 0.231. The molecule has 1 amide bonds. The van der Waals surface area contributed by atoms with Gasteiger partial charge in [0.1, 0.15) is 11.5 Å². The number of nitrogens with one attached hydrogen (secondary N) is 2. The first-order chi connectivity index (χ1) is 10.0. The van der Waals surface area contributed by atoms with Gasteiger partial charge in [-0.2, -0.15) is 5.10 Å². The Kier molecular flexibility index (Phi) is 5.17. The fourth-order valence-electron chi connectivity index (χ4n) is 1.67. The predicted octanol–water partition coefficient (Wildman–Crippen LogP) is 2.63. The molecule has 0 aliphatic rings. The molecule has 0 saturated heterocycles. The van der Waals surface area contributed by atoms with E-state index in [0.29, 0.717) is 24.2 Å². The molecular formula is C13H12Cl2FN3O2. The molecule has 0 aliphatic carbocycles. The molecule has 0 unspecified atom stereocenters. The van der Waals surface area contributed by atoms with Gasteiger partial charge >= 0.3 is 0 Å². The van der Waals surface area contributed by atoms with Gasteiger partial charge in [-0.15, -0.1) is 0 Å². The third-order valence-electron chi connectivity index (χ3n) is 2.73. The SMILES string of the molecule is O=C(NCCCO)c1cc(-c2cc(F)c(Cl)cc2Cl)n[nH]1. The topological polar surface area (TPSA) is 78.0 Å². The number of H-pyrrole nitrogens is 1. The molecule has 1 heterocycles. The molecule has 0 bridgehead atoms. The Morgan fingerprint density at radius 3 is 2.81 bits per heavy atom. The van der Waals surface area contributed by atoms with E-state index in [1.807, 2.05) is 0 Å². The molecule has 3 N–H and O–H groups in total. The standard InChI is InChI=1S/C13H12Cl2FN3O2/c14-8-5-9(15)10(16)4-7(8)11-6-12(19-18-11)13(21)17-2-1-3-20/h4-6,20H,1-3H2,(H,17,21)(H,18,19). The van der Waals surface area contributed by atoms with Gasteiger partial charge in [-0.25, -0.2) is 4.39 Å². The number of aromatic nitrogens is 2.